The molecule has 2 aliphatic carbocycles. The predicted molar refractivity (Wildman–Crippen MR) is 109 cm³/mol. The maximum atomic E-state index is 2.47. The molecule has 0 aromatic heterocycles. The van der Waals surface area contributed by atoms with Crippen LogP contribution in [0.2, 0.25) is 0 Å². The van der Waals surface area contributed by atoms with Crippen molar-refractivity contribution in [2.45, 2.75) is 44.2 Å². The number of benzene rings is 2. The van der Waals surface area contributed by atoms with Gasteiger partial charge in [-0.05, 0) is 0 Å². The third-order valence-corrected chi connectivity index (χ3v) is 11.7. The van der Waals surface area contributed by atoms with Crippen molar-refractivity contribution < 1.29 is 0 Å². The Morgan fingerprint density at radius 1 is 0.750 bits per heavy atom. The molecule has 2 aromatic carbocycles. The van der Waals surface area contributed by atoms with Crippen molar-refractivity contribution in [3.8, 4) is 0 Å². The van der Waals surface area contributed by atoms with Crippen LogP contribution in [-0.4, -0.2) is 5.66 Å². The van der Waals surface area contributed by atoms with E-state index in [1.807, 2.05) is 0 Å². The molecule has 0 aliphatic heterocycles. The summed E-state index contributed by atoms with van der Waals surface area (Å²) in [6.45, 7) is 0. The number of rotatable bonds is 4. The minimum absolute atomic E-state index is 0.847. The van der Waals surface area contributed by atoms with Gasteiger partial charge in [0.2, 0.25) is 0 Å². The first kappa shape index (κ1) is 15.9. The fourth-order valence-electron chi connectivity index (χ4n) is 4.96. The fourth-order valence-corrected chi connectivity index (χ4v) is 11.1. The summed E-state index contributed by atoms with van der Waals surface area (Å²) in [5.41, 5.74) is 0.847. The molecule has 24 heavy (non-hydrogen) atoms. The van der Waals surface area contributed by atoms with E-state index in [0.717, 1.165) is 5.66 Å². The SMILES string of the molecule is C1=CCCC([PH](c2ccccc2)(c2ccccc2)C2CCCC2)=C1. The molecule has 0 bridgehead atoms. The van der Waals surface area contributed by atoms with Gasteiger partial charge in [-0.25, -0.2) is 0 Å². The Hall–Kier alpha value is -1.65. The van der Waals surface area contributed by atoms with Gasteiger partial charge in [0.15, 0.2) is 0 Å². The molecule has 0 N–H and O–H groups in total. The van der Waals surface area contributed by atoms with Crippen molar-refractivity contribution in [1.29, 1.82) is 0 Å². The second kappa shape index (κ2) is 7.08. The van der Waals surface area contributed by atoms with E-state index in [1.54, 1.807) is 15.9 Å². The zero-order valence-electron chi connectivity index (χ0n) is 14.3. The molecular formula is C23H27P. The predicted octanol–water partition coefficient (Wildman–Crippen LogP) is 5.56. The summed E-state index contributed by atoms with van der Waals surface area (Å²) in [7, 11) is -1.90. The van der Waals surface area contributed by atoms with Gasteiger partial charge in [0, 0.05) is 0 Å². The van der Waals surface area contributed by atoms with Gasteiger partial charge in [-0.15, -0.1) is 0 Å². The van der Waals surface area contributed by atoms with E-state index < -0.39 is 7.26 Å². The average molecular weight is 334 g/mol. The Morgan fingerprint density at radius 3 is 1.83 bits per heavy atom. The molecule has 1 heteroatoms. The molecule has 0 amide bonds. The molecule has 0 heterocycles. The molecule has 124 valence electrons. The molecule has 0 radical (unpaired) electrons. The number of allylic oxidation sites excluding steroid dienone is 4. The van der Waals surface area contributed by atoms with Crippen molar-refractivity contribution in [3.63, 3.8) is 0 Å². The Bertz CT molecular complexity index is 682. The molecule has 0 atom stereocenters. The molecule has 0 nitrogen and oxygen atoms in total. The summed E-state index contributed by atoms with van der Waals surface area (Å²) in [5, 5.41) is 4.98. The van der Waals surface area contributed by atoms with Gasteiger partial charge < -0.3 is 0 Å². The zero-order valence-corrected chi connectivity index (χ0v) is 15.3. The normalized spacial score (nSPS) is 19.2. The van der Waals surface area contributed by atoms with E-state index in [-0.39, 0.29) is 0 Å². The van der Waals surface area contributed by atoms with Gasteiger partial charge in [0.1, 0.15) is 0 Å². The first-order valence-corrected chi connectivity index (χ1v) is 11.5. The van der Waals surface area contributed by atoms with E-state index >= 15 is 0 Å². The summed E-state index contributed by atoms with van der Waals surface area (Å²) in [6, 6.07) is 23.0. The van der Waals surface area contributed by atoms with E-state index in [4.69, 9.17) is 0 Å². The topological polar surface area (TPSA) is 0 Å². The van der Waals surface area contributed by atoms with E-state index in [2.05, 4.69) is 78.9 Å². The Labute approximate surface area is 146 Å². The Balaban J connectivity index is 1.98. The van der Waals surface area contributed by atoms with Gasteiger partial charge in [0.25, 0.3) is 0 Å². The van der Waals surface area contributed by atoms with Gasteiger partial charge in [-0.2, -0.15) is 0 Å². The molecule has 1 saturated carbocycles. The van der Waals surface area contributed by atoms with Crippen LogP contribution in [0, 0.1) is 0 Å². The third kappa shape index (κ3) is 2.68. The first-order valence-electron chi connectivity index (χ1n) is 9.39. The summed E-state index contributed by atoms with van der Waals surface area (Å²) in [4.78, 5) is 0. The number of hydrogen-bond donors (Lipinski definition) is 0. The van der Waals surface area contributed by atoms with Gasteiger partial charge in [-0.3, -0.25) is 0 Å². The number of hydrogen-bond acceptors (Lipinski definition) is 0. The zero-order chi connectivity index (χ0) is 16.2. The van der Waals surface area contributed by atoms with Crippen molar-refractivity contribution in [1.82, 2.24) is 0 Å². The van der Waals surface area contributed by atoms with E-state index in [0.29, 0.717) is 0 Å². The second-order valence-electron chi connectivity index (χ2n) is 7.18. The van der Waals surface area contributed by atoms with Crippen LogP contribution in [0.4, 0.5) is 0 Å². The van der Waals surface area contributed by atoms with Crippen molar-refractivity contribution in [2.24, 2.45) is 0 Å². The van der Waals surface area contributed by atoms with Crippen LogP contribution in [0.3, 0.4) is 0 Å². The minimum atomic E-state index is -1.90. The summed E-state index contributed by atoms with van der Waals surface area (Å²) in [6.07, 6.45) is 15.2. The summed E-state index contributed by atoms with van der Waals surface area (Å²) < 4.78 is 0. The van der Waals surface area contributed by atoms with Crippen LogP contribution in [0.5, 0.6) is 0 Å². The molecular weight excluding hydrogens is 307 g/mol. The van der Waals surface area contributed by atoms with Crippen LogP contribution in [0.25, 0.3) is 0 Å². The van der Waals surface area contributed by atoms with E-state index in [9.17, 15) is 0 Å². The first-order chi connectivity index (χ1) is 11.9. The molecule has 0 unspecified atom stereocenters. The molecule has 2 aliphatic rings. The van der Waals surface area contributed by atoms with Crippen LogP contribution < -0.4 is 10.6 Å². The van der Waals surface area contributed by atoms with Crippen LogP contribution in [0.1, 0.15) is 38.5 Å². The maximum absolute atomic E-state index is 2.47. The van der Waals surface area contributed by atoms with Crippen LogP contribution in [0.15, 0.2) is 84.2 Å². The molecule has 0 saturated heterocycles. The molecule has 1 fully saturated rings. The quantitative estimate of drug-likeness (QED) is 0.642. The van der Waals surface area contributed by atoms with Gasteiger partial charge in [-0.1, -0.05) is 0 Å². The molecule has 4 rings (SSSR count). The van der Waals surface area contributed by atoms with Crippen molar-refractivity contribution in [3.05, 3.63) is 84.2 Å². The standard InChI is InChI=1S/C23H27P/c1-4-12-20(13-5-1)24(23-18-10-11-19-23,21-14-6-2-7-15-21)22-16-8-3-9-17-22/h1-8,12-16,23-24H,9-11,17-19H2. The third-order valence-electron chi connectivity index (χ3n) is 5.95. The Kier molecular flexibility index (Phi) is 4.67. The Morgan fingerprint density at radius 2 is 1.33 bits per heavy atom. The van der Waals surface area contributed by atoms with E-state index in [1.165, 1.54) is 38.5 Å². The summed E-state index contributed by atoms with van der Waals surface area (Å²) in [5.74, 6) is 0. The monoisotopic (exact) mass is 334 g/mol. The van der Waals surface area contributed by atoms with Gasteiger partial charge in [0.05, 0.1) is 0 Å². The molecule has 2 aromatic rings. The van der Waals surface area contributed by atoms with Crippen molar-refractivity contribution in [2.75, 3.05) is 0 Å². The van der Waals surface area contributed by atoms with Gasteiger partial charge >= 0.3 is 146 Å². The van der Waals surface area contributed by atoms with Crippen molar-refractivity contribution >= 4 is 17.9 Å². The summed E-state index contributed by atoms with van der Waals surface area (Å²) >= 11 is 0. The second-order valence-corrected chi connectivity index (χ2v) is 11.4. The molecule has 0 spiro atoms. The average Bonchev–Trinajstić information content (AvgIpc) is 3.20. The van der Waals surface area contributed by atoms with Crippen LogP contribution >= 0.6 is 7.26 Å². The fraction of sp³-hybridized carbons (Fsp3) is 0.304. The van der Waals surface area contributed by atoms with Crippen LogP contribution in [-0.2, 0) is 0 Å².